The van der Waals surface area contributed by atoms with Crippen LogP contribution in [0.3, 0.4) is 0 Å². The Balaban J connectivity index is 1.64. The summed E-state index contributed by atoms with van der Waals surface area (Å²) in [6.45, 7) is 0.965. The first kappa shape index (κ1) is 15.4. The van der Waals surface area contributed by atoms with Crippen LogP contribution in [0, 0.1) is 0 Å². The van der Waals surface area contributed by atoms with Gasteiger partial charge in [-0.3, -0.25) is 4.21 Å². The van der Waals surface area contributed by atoms with Crippen molar-refractivity contribution in [2.24, 2.45) is 0 Å². The quantitative estimate of drug-likeness (QED) is 0.776. The molecule has 23 heavy (non-hydrogen) atoms. The minimum Gasteiger partial charge on any atom is -0.497 e. The van der Waals surface area contributed by atoms with E-state index in [1.165, 1.54) is 16.8 Å². The Hall–Kier alpha value is -1.11. The summed E-state index contributed by atoms with van der Waals surface area (Å²) in [6, 6.07) is 7.99. The number of hydrogen-bond donors (Lipinski definition) is 1. The standard InChI is InChI=1S/C17H19BrN2O2S/c1-22-13-5-2-11(3-6-13)16-10-14-15(23(16)21)7-4-12-8-9-20(18)19-17(12)14/h2-3,5-6,16,19H,4,7-10H2,1H3. The second-order valence-corrected chi connectivity index (χ2v) is 8.60. The molecule has 2 unspecified atom stereocenters. The van der Waals surface area contributed by atoms with Crippen LogP contribution in [0.15, 0.2) is 46.0 Å². The smallest absolute Gasteiger partial charge is 0.118 e. The van der Waals surface area contributed by atoms with Crippen molar-refractivity contribution in [3.05, 3.63) is 51.6 Å². The van der Waals surface area contributed by atoms with Crippen LogP contribution in [0.4, 0.5) is 0 Å². The fraction of sp³-hybridized carbons (Fsp3) is 0.412. The number of fused-ring (bicyclic) bond motifs is 1. The molecule has 122 valence electrons. The summed E-state index contributed by atoms with van der Waals surface area (Å²) in [5, 5.41) is 0.0604. The number of benzene rings is 1. The van der Waals surface area contributed by atoms with Gasteiger partial charge in [-0.15, -0.1) is 0 Å². The third-order valence-electron chi connectivity index (χ3n) is 4.87. The molecule has 0 saturated carbocycles. The van der Waals surface area contributed by atoms with Crippen molar-refractivity contribution in [2.45, 2.75) is 30.9 Å². The zero-order chi connectivity index (χ0) is 16.0. The van der Waals surface area contributed by atoms with Crippen LogP contribution in [0.25, 0.3) is 0 Å². The number of halogens is 1. The van der Waals surface area contributed by atoms with E-state index in [0.29, 0.717) is 0 Å². The van der Waals surface area contributed by atoms with E-state index in [1.807, 2.05) is 28.3 Å². The first-order valence-electron chi connectivity index (χ1n) is 7.86. The van der Waals surface area contributed by atoms with E-state index in [-0.39, 0.29) is 5.25 Å². The topological polar surface area (TPSA) is 41.6 Å². The van der Waals surface area contributed by atoms with Gasteiger partial charge in [0.2, 0.25) is 0 Å². The first-order valence-corrected chi connectivity index (χ1v) is 9.78. The van der Waals surface area contributed by atoms with Gasteiger partial charge in [-0.1, -0.05) is 12.1 Å². The number of rotatable bonds is 2. The molecular formula is C17H19BrN2O2S. The Morgan fingerprint density at radius 3 is 2.78 bits per heavy atom. The third kappa shape index (κ3) is 2.66. The summed E-state index contributed by atoms with van der Waals surface area (Å²) in [7, 11) is 0.732. The lowest BCUT2D eigenvalue weighted by Crippen LogP contribution is -2.36. The zero-order valence-electron chi connectivity index (χ0n) is 13.0. The van der Waals surface area contributed by atoms with E-state index in [4.69, 9.17) is 4.74 Å². The van der Waals surface area contributed by atoms with E-state index in [0.717, 1.165) is 48.4 Å². The molecule has 2 atom stereocenters. The van der Waals surface area contributed by atoms with E-state index < -0.39 is 10.8 Å². The minimum atomic E-state index is -0.932. The Morgan fingerprint density at radius 1 is 1.26 bits per heavy atom. The highest BCUT2D eigenvalue weighted by molar-refractivity contribution is 9.07. The highest BCUT2D eigenvalue weighted by Gasteiger charge is 2.38. The molecule has 2 heterocycles. The van der Waals surface area contributed by atoms with E-state index in [2.05, 4.69) is 21.6 Å². The number of methoxy groups -OCH3 is 1. The fourth-order valence-corrected chi connectivity index (χ4v) is 5.78. The van der Waals surface area contributed by atoms with Gasteiger partial charge < -0.3 is 10.2 Å². The molecule has 1 aromatic carbocycles. The fourth-order valence-electron chi connectivity index (χ4n) is 3.63. The molecular weight excluding hydrogens is 376 g/mol. The summed E-state index contributed by atoms with van der Waals surface area (Å²) in [5.41, 5.74) is 8.51. The number of ether oxygens (including phenoxy) is 1. The normalized spacial score (nSPS) is 27.6. The molecule has 4 nitrogen and oxygen atoms in total. The van der Waals surface area contributed by atoms with Gasteiger partial charge in [-0.2, -0.15) is 4.03 Å². The minimum absolute atomic E-state index is 0.0604. The van der Waals surface area contributed by atoms with Gasteiger partial charge in [-0.05, 0) is 54.5 Å². The van der Waals surface area contributed by atoms with Crippen molar-refractivity contribution in [3.8, 4) is 5.75 Å². The lowest BCUT2D eigenvalue weighted by Gasteiger charge is -2.31. The van der Waals surface area contributed by atoms with Crippen LogP contribution in [-0.2, 0) is 10.8 Å². The highest BCUT2D eigenvalue weighted by Crippen LogP contribution is 2.48. The number of nitrogens with zero attached hydrogens (tertiary/aromatic N) is 1. The molecule has 0 spiro atoms. The summed E-state index contributed by atoms with van der Waals surface area (Å²) in [6.07, 6.45) is 3.89. The molecule has 0 aromatic heterocycles. The number of hydrazine groups is 1. The molecule has 0 radical (unpaired) electrons. The van der Waals surface area contributed by atoms with E-state index in [1.54, 1.807) is 7.11 Å². The van der Waals surface area contributed by atoms with Crippen LogP contribution in [0.1, 0.15) is 36.5 Å². The van der Waals surface area contributed by atoms with Gasteiger partial charge in [0, 0.05) is 27.6 Å². The van der Waals surface area contributed by atoms with Crippen molar-refractivity contribution in [1.82, 2.24) is 9.46 Å². The van der Waals surface area contributed by atoms with Crippen LogP contribution in [0.5, 0.6) is 5.75 Å². The third-order valence-corrected chi connectivity index (χ3v) is 7.29. The molecule has 6 heteroatoms. The first-order chi connectivity index (χ1) is 11.2. The molecule has 1 N–H and O–H groups in total. The van der Waals surface area contributed by atoms with Gasteiger partial charge >= 0.3 is 0 Å². The lowest BCUT2D eigenvalue weighted by atomic mass is 9.90. The second kappa shape index (κ2) is 6.07. The number of allylic oxidation sites excluding steroid dienone is 2. The predicted octanol–water partition coefficient (Wildman–Crippen LogP) is 3.71. The summed E-state index contributed by atoms with van der Waals surface area (Å²) >= 11 is 3.51. The monoisotopic (exact) mass is 394 g/mol. The average Bonchev–Trinajstić information content (AvgIpc) is 2.92. The summed E-state index contributed by atoms with van der Waals surface area (Å²) in [4.78, 5) is 1.14. The maximum atomic E-state index is 13.0. The van der Waals surface area contributed by atoms with Crippen LogP contribution >= 0.6 is 16.1 Å². The predicted molar refractivity (Wildman–Crippen MR) is 95.2 cm³/mol. The SMILES string of the molecule is COc1ccc(C2CC3=C(CCC4=C3NN(Br)CC4)S2=O)cc1. The lowest BCUT2D eigenvalue weighted by molar-refractivity contribution is 0.379. The average molecular weight is 395 g/mol. The second-order valence-electron chi connectivity index (χ2n) is 6.09. The molecule has 3 aliphatic rings. The van der Waals surface area contributed by atoms with Gasteiger partial charge in [-0.25, -0.2) is 0 Å². The number of hydrogen-bond acceptors (Lipinski definition) is 4. The maximum Gasteiger partial charge on any atom is 0.118 e. The van der Waals surface area contributed by atoms with Gasteiger partial charge in [0.1, 0.15) is 5.75 Å². The zero-order valence-corrected chi connectivity index (χ0v) is 15.4. The Morgan fingerprint density at radius 2 is 2.04 bits per heavy atom. The Kier molecular flexibility index (Phi) is 4.07. The molecule has 0 saturated heterocycles. The molecule has 0 bridgehead atoms. The number of nitrogens with one attached hydrogen (secondary N) is 1. The van der Waals surface area contributed by atoms with Crippen molar-refractivity contribution in [3.63, 3.8) is 0 Å². The van der Waals surface area contributed by atoms with Crippen LogP contribution in [0.2, 0.25) is 0 Å². The van der Waals surface area contributed by atoms with E-state index in [9.17, 15) is 4.21 Å². The molecule has 1 aliphatic carbocycles. The van der Waals surface area contributed by atoms with E-state index >= 15 is 0 Å². The van der Waals surface area contributed by atoms with Crippen LogP contribution < -0.4 is 10.2 Å². The summed E-state index contributed by atoms with van der Waals surface area (Å²) in [5.74, 6) is 0.837. The van der Waals surface area contributed by atoms with Crippen molar-refractivity contribution >= 4 is 26.9 Å². The van der Waals surface area contributed by atoms with Crippen molar-refractivity contribution in [1.29, 1.82) is 0 Å². The largest absolute Gasteiger partial charge is 0.497 e. The Bertz CT molecular complexity index is 727. The highest BCUT2D eigenvalue weighted by atomic mass is 79.9. The molecule has 1 aromatic rings. The van der Waals surface area contributed by atoms with Gasteiger partial charge in [0.05, 0.1) is 28.9 Å². The molecule has 0 fully saturated rings. The molecule has 0 amide bonds. The van der Waals surface area contributed by atoms with Crippen LogP contribution in [-0.4, -0.2) is 21.9 Å². The maximum absolute atomic E-state index is 13.0. The van der Waals surface area contributed by atoms with Crippen molar-refractivity contribution in [2.75, 3.05) is 13.7 Å². The summed E-state index contributed by atoms with van der Waals surface area (Å²) < 4.78 is 20.2. The molecule has 4 rings (SSSR count). The van der Waals surface area contributed by atoms with Gasteiger partial charge in [0.15, 0.2) is 0 Å². The van der Waals surface area contributed by atoms with Gasteiger partial charge in [0.25, 0.3) is 0 Å². The molecule has 2 aliphatic heterocycles. The van der Waals surface area contributed by atoms with Crippen molar-refractivity contribution < 1.29 is 8.95 Å². The Labute approximate surface area is 147 Å².